The molecule has 1 aromatic carbocycles. The Morgan fingerprint density at radius 2 is 2.16 bits per heavy atom. The van der Waals surface area contributed by atoms with Gasteiger partial charge in [0.15, 0.2) is 5.17 Å². The molecule has 1 aromatic rings. The summed E-state index contributed by atoms with van der Waals surface area (Å²) < 4.78 is 0. The lowest BCUT2D eigenvalue weighted by atomic mass is 9.90. The topological polar surface area (TPSA) is 24.4 Å². The Bertz CT molecular complexity index is 509. The lowest BCUT2D eigenvalue weighted by Crippen LogP contribution is -2.20. The summed E-state index contributed by atoms with van der Waals surface area (Å²) >= 11 is 1.86. The minimum atomic E-state index is 0.127. The molecule has 0 saturated heterocycles. The third kappa shape index (κ3) is 2.66. The van der Waals surface area contributed by atoms with Gasteiger partial charge in [-0.15, -0.1) is 0 Å². The number of benzene rings is 1. The summed E-state index contributed by atoms with van der Waals surface area (Å²) in [6, 6.07) is 6.65. The van der Waals surface area contributed by atoms with Crippen molar-refractivity contribution in [1.29, 1.82) is 0 Å². The maximum atomic E-state index is 4.85. The molecule has 3 heteroatoms. The second-order valence-electron chi connectivity index (χ2n) is 5.83. The van der Waals surface area contributed by atoms with Gasteiger partial charge in [-0.1, -0.05) is 30.8 Å². The lowest BCUT2D eigenvalue weighted by Gasteiger charge is -2.20. The maximum absolute atomic E-state index is 4.85. The van der Waals surface area contributed by atoms with E-state index in [0.717, 1.165) is 17.3 Å². The Labute approximate surface area is 120 Å². The number of aryl methyl sites for hydroxylation is 1. The number of thioether (sulfide) groups is 1. The predicted octanol–water partition coefficient (Wildman–Crippen LogP) is 4.25. The van der Waals surface area contributed by atoms with Gasteiger partial charge in [-0.2, -0.15) is 0 Å². The van der Waals surface area contributed by atoms with Crippen LogP contribution in [0.4, 0.5) is 5.69 Å². The average molecular weight is 274 g/mol. The Hall–Kier alpha value is -0.960. The fourth-order valence-corrected chi connectivity index (χ4v) is 3.98. The van der Waals surface area contributed by atoms with Crippen LogP contribution in [0.5, 0.6) is 0 Å². The van der Waals surface area contributed by atoms with Crippen LogP contribution < -0.4 is 5.32 Å². The number of aliphatic imine (C=N–C) groups is 1. The molecule has 0 saturated carbocycles. The number of nitrogens with zero attached hydrogens (tertiary/aromatic N) is 1. The second kappa shape index (κ2) is 5.20. The Kier molecular flexibility index (Phi) is 3.57. The Morgan fingerprint density at radius 1 is 1.32 bits per heavy atom. The van der Waals surface area contributed by atoms with E-state index < -0.39 is 0 Å². The van der Waals surface area contributed by atoms with Crippen LogP contribution in [0.3, 0.4) is 0 Å². The van der Waals surface area contributed by atoms with E-state index in [0.29, 0.717) is 0 Å². The second-order valence-corrected chi connectivity index (χ2v) is 6.80. The van der Waals surface area contributed by atoms with Crippen LogP contribution in [0.25, 0.3) is 0 Å². The van der Waals surface area contributed by atoms with Crippen LogP contribution in [0.1, 0.15) is 44.2 Å². The van der Waals surface area contributed by atoms with E-state index in [1.54, 1.807) is 0 Å². The van der Waals surface area contributed by atoms with Crippen LogP contribution in [-0.2, 0) is 12.8 Å². The van der Waals surface area contributed by atoms with Gasteiger partial charge in [0.1, 0.15) is 0 Å². The minimum Gasteiger partial charge on any atom is -0.335 e. The fourth-order valence-electron chi connectivity index (χ4n) is 2.79. The summed E-state index contributed by atoms with van der Waals surface area (Å²) in [5.41, 5.74) is 4.45. The molecule has 1 aliphatic heterocycles. The van der Waals surface area contributed by atoms with Crippen molar-refractivity contribution in [3.63, 3.8) is 0 Å². The van der Waals surface area contributed by atoms with Crippen molar-refractivity contribution in [3.8, 4) is 0 Å². The molecule has 102 valence electrons. The largest absolute Gasteiger partial charge is 0.335 e. The van der Waals surface area contributed by atoms with Crippen molar-refractivity contribution in [3.05, 3.63) is 29.3 Å². The number of anilines is 1. The van der Waals surface area contributed by atoms with E-state index in [9.17, 15) is 0 Å². The minimum absolute atomic E-state index is 0.127. The molecule has 1 heterocycles. The molecule has 2 aliphatic rings. The normalized spacial score (nSPS) is 25.9. The lowest BCUT2D eigenvalue weighted by molar-refractivity contribution is 0.523. The van der Waals surface area contributed by atoms with E-state index in [2.05, 4.69) is 37.4 Å². The highest BCUT2D eigenvalue weighted by molar-refractivity contribution is 8.14. The summed E-state index contributed by atoms with van der Waals surface area (Å²) in [6.45, 7) is 4.46. The van der Waals surface area contributed by atoms with Crippen molar-refractivity contribution in [2.75, 3.05) is 11.1 Å². The summed E-state index contributed by atoms with van der Waals surface area (Å²) in [6.07, 6.45) is 6.20. The molecular formula is C16H22N2S. The summed E-state index contributed by atoms with van der Waals surface area (Å²) in [5, 5.41) is 4.67. The molecule has 0 fully saturated rings. The van der Waals surface area contributed by atoms with Gasteiger partial charge < -0.3 is 5.32 Å². The van der Waals surface area contributed by atoms with E-state index in [1.807, 2.05) is 11.8 Å². The first kappa shape index (κ1) is 13.0. The van der Waals surface area contributed by atoms with Gasteiger partial charge in [0.05, 0.1) is 5.54 Å². The summed E-state index contributed by atoms with van der Waals surface area (Å²) in [4.78, 5) is 4.85. The van der Waals surface area contributed by atoms with E-state index in [-0.39, 0.29) is 5.54 Å². The number of rotatable bonds is 2. The van der Waals surface area contributed by atoms with Crippen molar-refractivity contribution >= 4 is 22.6 Å². The van der Waals surface area contributed by atoms with Gasteiger partial charge in [0.2, 0.25) is 0 Å². The summed E-state index contributed by atoms with van der Waals surface area (Å²) in [7, 11) is 0. The van der Waals surface area contributed by atoms with E-state index in [1.165, 1.54) is 42.5 Å². The van der Waals surface area contributed by atoms with Crippen molar-refractivity contribution in [1.82, 2.24) is 0 Å². The standard InChI is InChI=1S/C16H22N2S/c1-3-16(2)11-19-15(18-16)17-14-10-6-8-12-7-4-5-9-13(12)14/h6,8,10H,3-5,7,9,11H2,1-2H3,(H,17,18). The van der Waals surface area contributed by atoms with Crippen LogP contribution >= 0.6 is 11.8 Å². The highest BCUT2D eigenvalue weighted by Gasteiger charge is 2.29. The zero-order valence-electron chi connectivity index (χ0n) is 11.8. The molecule has 0 spiro atoms. The van der Waals surface area contributed by atoms with Crippen LogP contribution in [0.15, 0.2) is 23.2 Å². The number of hydrogen-bond donors (Lipinski definition) is 1. The molecular weight excluding hydrogens is 252 g/mol. The number of fused-ring (bicyclic) bond motifs is 1. The van der Waals surface area contributed by atoms with Gasteiger partial charge in [-0.3, -0.25) is 4.99 Å². The van der Waals surface area contributed by atoms with Crippen molar-refractivity contribution in [2.45, 2.75) is 51.5 Å². The fraction of sp³-hybridized carbons (Fsp3) is 0.562. The number of nitrogens with one attached hydrogen (secondary N) is 1. The molecule has 0 amide bonds. The highest BCUT2D eigenvalue weighted by Crippen LogP contribution is 2.33. The molecule has 1 unspecified atom stereocenters. The van der Waals surface area contributed by atoms with Crippen LogP contribution in [0, 0.1) is 0 Å². The molecule has 0 radical (unpaired) electrons. The Morgan fingerprint density at radius 3 is 2.95 bits per heavy atom. The monoisotopic (exact) mass is 274 g/mol. The smallest absolute Gasteiger partial charge is 0.161 e. The van der Waals surface area contributed by atoms with E-state index >= 15 is 0 Å². The first-order valence-corrected chi connectivity index (χ1v) is 8.29. The zero-order chi connectivity index (χ0) is 13.3. The number of amidine groups is 1. The van der Waals surface area contributed by atoms with Gasteiger partial charge in [0, 0.05) is 11.4 Å². The first-order valence-electron chi connectivity index (χ1n) is 7.31. The van der Waals surface area contributed by atoms with Gasteiger partial charge in [0.25, 0.3) is 0 Å². The van der Waals surface area contributed by atoms with Crippen LogP contribution in [0.2, 0.25) is 0 Å². The molecule has 1 N–H and O–H groups in total. The van der Waals surface area contributed by atoms with Gasteiger partial charge >= 0.3 is 0 Å². The molecule has 19 heavy (non-hydrogen) atoms. The molecule has 0 aromatic heterocycles. The van der Waals surface area contributed by atoms with E-state index in [4.69, 9.17) is 4.99 Å². The quantitative estimate of drug-likeness (QED) is 0.872. The number of hydrogen-bond acceptors (Lipinski definition) is 3. The Balaban J connectivity index is 1.83. The van der Waals surface area contributed by atoms with Gasteiger partial charge in [-0.05, 0) is 56.2 Å². The molecule has 0 bridgehead atoms. The molecule has 1 aliphatic carbocycles. The third-order valence-corrected chi connectivity index (χ3v) is 5.52. The SMILES string of the molecule is CCC1(C)CSC(Nc2cccc3c2CCCC3)=N1. The van der Waals surface area contributed by atoms with Crippen molar-refractivity contribution in [2.24, 2.45) is 4.99 Å². The summed E-state index contributed by atoms with van der Waals surface area (Å²) in [5.74, 6) is 1.10. The molecule has 1 atom stereocenters. The van der Waals surface area contributed by atoms with Gasteiger partial charge in [-0.25, -0.2) is 0 Å². The first-order chi connectivity index (χ1) is 9.20. The zero-order valence-corrected chi connectivity index (χ0v) is 12.6. The third-order valence-electron chi connectivity index (χ3n) is 4.29. The van der Waals surface area contributed by atoms with Crippen molar-refractivity contribution < 1.29 is 0 Å². The highest BCUT2D eigenvalue weighted by atomic mass is 32.2. The van der Waals surface area contributed by atoms with Crippen LogP contribution in [-0.4, -0.2) is 16.5 Å². The average Bonchev–Trinajstić information content (AvgIpc) is 2.82. The molecule has 3 rings (SSSR count). The maximum Gasteiger partial charge on any atom is 0.161 e. The predicted molar refractivity (Wildman–Crippen MR) is 85.3 cm³/mol. The molecule has 2 nitrogen and oxygen atoms in total.